The first-order valence-electron chi connectivity index (χ1n) is 9.96. The average Bonchev–Trinajstić information content (AvgIpc) is 3.31. The lowest BCUT2D eigenvalue weighted by Gasteiger charge is -2.11. The van der Waals surface area contributed by atoms with Gasteiger partial charge in [-0.2, -0.15) is 0 Å². The summed E-state index contributed by atoms with van der Waals surface area (Å²) in [7, 11) is 1.65. The number of aromatic nitrogens is 4. The Bertz CT molecular complexity index is 1210. The van der Waals surface area contributed by atoms with E-state index in [0.717, 1.165) is 39.9 Å². The van der Waals surface area contributed by atoms with Gasteiger partial charge in [-0.3, -0.25) is 9.36 Å². The first-order chi connectivity index (χ1) is 15.0. The Hall–Kier alpha value is -3.32. The van der Waals surface area contributed by atoms with Crippen molar-refractivity contribution in [2.45, 2.75) is 25.9 Å². The van der Waals surface area contributed by atoms with Crippen LogP contribution >= 0.6 is 11.8 Å². The third-order valence-electron chi connectivity index (χ3n) is 5.20. The highest BCUT2D eigenvalue weighted by Crippen LogP contribution is 2.26. The van der Waals surface area contributed by atoms with E-state index in [1.165, 1.54) is 11.8 Å². The lowest BCUT2D eigenvalue weighted by Crippen LogP contribution is -2.07. The number of thioether (sulfide) groups is 1. The number of hydrogen-bond acceptors (Lipinski definition) is 5. The predicted molar refractivity (Wildman–Crippen MR) is 123 cm³/mol. The second-order valence-electron chi connectivity index (χ2n) is 7.23. The molecule has 0 fully saturated rings. The Morgan fingerprint density at radius 3 is 2.29 bits per heavy atom. The van der Waals surface area contributed by atoms with Gasteiger partial charge < -0.3 is 9.30 Å². The van der Waals surface area contributed by atoms with E-state index in [4.69, 9.17) is 4.74 Å². The van der Waals surface area contributed by atoms with Crippen LogP contribution in [0.5, 0.6) is 5.75 Å². The molecular formula is C24H24N4O2S. The molecule has 2 aromatic carbocycles. The van der Waals surface area contributed by atoms with Crippen LogP contribution in [0.2, 0.25) is 0 Å². The van der Waals surface area contributed by atoms with Gasteiger partial charge >= 0.3 is 0 Å². The molecule has 0 unspecified atom stereocenters. The van der Waals surface area contributed by atoms with E-state index in [9.17, 15) is 4.79 Å². The fourth-order valence-corrected chi connectivity index (χ4v) is 4.57. The quantitative estimate of drug-likeness (QED) is 0.305. The summed E-state index contributed by atoms with van der Waals surface area (Å²) >= 11 is 1.40. The van der Waals surface area contributed by atoms with Crippen LogP contribution in [0.15, 0.2) is 65.8 Å². The van der Waals surface area contributed by atoms with Crippen molar-refractivity contribution in [3.05, 3.63) is 83.4 Å². The molecule has 7 heteroatoms. The number of benzene rings is 2. The Morgan fingerprint density at radius 1 is 0.935 bits per heavy atom. The van der Waals surface area contributed by atoms with E-state index >= 15 is 0 Å². The first kappa shape index (κ1) is 20.9. The van der Waals surface area contributed by atoms with Crippen molar-refractivity contribution >= 4 is 17.5 Å². The molecule has 0 atom stereocenters. The summed E-state index contributed by atoms with van der Waals surface area (Å²) in [6.45, 7) is 5.90. The number of hydrogen-bond donors (Lipinski definition) is 0. The van der Waals surface area contributed by atoms with Crippen LogP contribution in [-0.2, 0) is 0 Å². The van der Waals surface area contributed by atoms with E-state index < -0.39 is 0 Å². The number of aryl methyl sites for hydroxylation is 2. The minimum Gasteiger partial charge on any atom is -0.497 e. The van der Waals surface area contributed by atoms with E-state index in [-0.39, 0.29) is 11.5 Å². The zero-order valence-electron chi connectivity index (χ0n) is 18.0. The summed E-state index contributed by atoms with van der Waals surface area (Å²) in [5, 5.41) is 9.18. The van der Waals surface area contributed by atoms with Crippen LogP contribution in [-0.4, -0.2) is 38.0 Å². The molecular weight excluding hydrogens is 408 g/mol. The van der Waals surface area contributed by atoms with Crippen LogP contribution in [0.25, 0.3) is 11.4 Å². The van der Waals surface area contributed by atoms with Crippen molar-refractivity contribution in [1.29, 1.82) is 0 Å². The number of rotatable bonds is 7. The number of nitrogens with zero attached hydrogens (tertiary/aromatic N) is 4. The van der Waals surface area contributed by atoms with Crippen LogP contribution in [0, 0.1) is 20.8 Å². The summed E-state index contributed by atoms with van der Waals surface area (Å²) in [6.07, 6.45) is 0. The number of ether oxygens (including phenoxy) is 1. The molecule has 0 aliphatic heterocycles. The molecule has 0 saturated heterocycles. The zero-order valence-corrected chi connectivity index (χ0v) is 18.8. The van der Waals surface area contributed by atoms with Gasteiger partial charge in [0.15, 0.2) is 10.9 Å². The third-order valence-corrected chi connectivity index (χ3v) is 6.13. The number of para-hydroxylation sites is 1. The van der Waals surface area contributed by atoms with E-state index in [1.54, 1.807) is 7.11 Å². The smallest absolute Gasteiger partial charge is 0.196 e. The summed E-state index contributed by atoms with van der Waals surface area (Å²) in [6, 6.07) is 19.7. The maximum absolute atomic E-state index is 13.1. The van der Waals surface area contributed by atoms with Crippen molar-refractivity contribution in [3.63, 3.8) is 0 Å². The van der Waals surface area contributed by atoms with Crippen LogP contribution in [0.3, 0.4) is 0 Å². The SMILES string of the molecule is COc1ccc(-n2c(C)cc(C(=O)CSc3nnc(C)n3-c3ccccc3)c2C)cc1. The second kappa shape index (κ2) is 8.81. The van der Waals surface area contributed by atoms with Gasteiger partial charge in [-0.1, -0.05) is 30.0 Å². The molecule has 158 valence electrons. The Morgan fingerprint density at radius 2 is 1.61 bits per heavy atom. The molecule has 0 spiro atoms. The lowest BCUT2D eigenvalue weighted by atomic mass is 10.2. The monoisotopic (exact) mass is 432 g/mol. The van der Waals surface area contributed by atoms with Crippen molar-refractivity contribution in [2.24, 2.45) is 0 Å². The Kier molecular flexibility index (Phi) is 5.95. The molecule has 31 heavy (non-hydrogen) atoms. The standard InChI is InChI=1S/C24H24N4O2S/c1-16-14-22(17(2)27(16)20-10-12-21(30-4)13-11-20)23(29)15-31-24-26-25-18(3)28(24)19-8-6-5-7-9-19/h5-14H,15H2,1-4H3. The molecule has 0 radical (unpaired) electrons. The molecule has 4 rings (SSSR count). The van der Waals surface area contributed by atoms with Crippen molar-refractivity contribution < 1.29 is 9.53 Å². The summed E-state index contributed by atoms with van der Waals surface area (Å²) in [5.74, 6) is 1.95. The number of carbonyl (C=O) groups is 1. The molecule has 6 nitrogen and oxygen atoms in total. The third kappa shape index (κ3) is 4.14. The summed E-state index contributed by atoms with van der Waals surface area (Å²) < 4.78 is 9.31. The molecule has 0 amide bonds. The molecule has 0 aliphatic carbocycles. The number of methoxy groups -OCH3 is 1. The lowest BCUT2D eigenvalue weighted by molar-refractivity contribution is 0.102. The van der Waals surface area contributed by atoms with Gasteiger partial charge in [-0.25, -0.2) is 0 Å². The van der Waals surface area contributed by atoms with Crippen LogP contribution < -0.4 is 4.74 Å². The van der Waals surface area contributed by atoms with Crippen LogP contribution in [0.4, 0.5) is 0 Å². The highest BCUT2D eigenvalue weighted by molar-refractivity contribution is 7.99. The summed E-state index contributed by atoms with van der Waals surface area (Å²) in [5.41, 5.74) is 4.65. The summed E-state index contributed by atoms with van der Waals surface area (Å²) in [4.78, 5) is 13.1. The topological polar surface area (TPSA) is 61.9 Å². The van der Waals surface area contributed by atoms with E-state index in [1.807, 2.05) is 86.0 Å². The highest BCUT2D eigenvalue weighted by atomic mass is 32.2. The molecule has 0 N–H and O–H groups in total. The van der Waals surface area contributed by atoms with E-state index in [2.05, 4.69) is 14.8 Å². The minimum absolute atomic E-state index is 0.0677. The fourth-order valence-electron chi connectivity index (χ4n) is 3.69. The Labute approximate surface area is 185 Å². The van der Waals surface area contributed by atoms with Crippen LogP contribution in [0.1, 0.15) is 27.6 Å². The normalized spacial score (nSPS) is 11.0. The van der Waals surface area contributed by atoms with Gasteiger partial charge in [0.05, 0.1) is 12.9 Å². The maximum Gasteiger partial charge on any atom is 0.196 e. The number of carbonyl (C=O) groups excluding carboxylic acids is 1. The van der Waals surface area contributed by atoms with Crippen molar-refractivity contribution in [1.82, 2.24) is 19.3 Å². The predicted octanol–water partition coefficient (Wildman–Crippen LogP) is 4.97. The first-order valence-corrected chi connectivity index (χ1v) is 10.9. The second-order valence-corrected chi connectivity index (χ2v) is 8.17. The maximum atomic E-state index is 13.1. The fraction of sp³-hybridized carbons (Fsp3) is 0.208. The molecule has 0 bridgehead atoms. The largest absolute Gasteiger partial charge is 0.497 e. The molecule has 2 heterocycles. The molecule has 2 aromatic heterocycles. The van der Waals surface area contributed by atoms with Gasteiger partial charge in [0.25, 0.3) is 0 Å². The van der Waals surface area contributed by atoms with Crippen molar-refractivity contribution in [3.8, 4) is 17.1 Å². The average molecular weight is 433 g/mol. The van der Waals surface area contributed by atoms with Crippen molar-refractivity contribution in [2.75, 3.05) is 12.9 Å². The highest BCUT2D eigenvalue weighted by Gasteiger charge is 2.19. The van der Waals surface area contributed by atoms with Gasteiger partial charge in [0, 0.05) is 28.3 Å². The minimum atomic E-state index is 0.0677. The molecule has 4 aromatic rings. The van der Waals surface area contributed by atoms with Gasteiger partial charge in [0.1, 0.15) is 11.6 Å². The number of Topliss-reactive ketones (excluding diaryl/α,β-unsaturated/α-hetero) is 1. The molecule has 0 saturated carbocycles. The zero-order chi connectivity index (χ0) is 22.0. The number of ketones is 1. The Balaban J connectivity index is 1.56. The molecule has 0 aliphatic rings. The van der Waals surface area contributed by atoms with Gasteiger partial charge in [0.2, 0.25) is 0 Å². The van der Waals surface area contributed by atoms with Gasteiger partial charge in [-0.15, -0.1) is 10.2 Å². The van der Waals surface area contributed by atoms with E-state index in [0.29, 0.717) is 5.16 Å². The van der Waals surface area contributed by atoms with Gasteiger partial charge in [-0.05, 0) is 63.2 Å².